The van der Waals surface area contributed by atoms with Gasteiger partial charge in [0.1, 0.15) is 5.82 Å². The molecule has 0 spiro atoms. The van der Waals surface area contributed by atoms with Crippen LogP contribution >= 0.6 is 12.4 Å². The van der Waals surface area contributed by atoms with Crippen LogP contribution in [0.25, 0.3) is 5.69 Å². The number of rotatable bonds is 4. The predicted molar refractivity (Wildman–Crippen MR) is 97.7 cm³/mol. The summed E-state index contributed by atoms with van der Waals surface area (Å²) in [6.45, 7) is 4.64. The Morgan fingerprint density at radius 1 is 1.44 bits per heavy atom. The molecule has 2 aromatic rings. The van der Waals surface area contributed by atoms with Crippen LogP contribution in [0, 0.1) is 11.2 Å². The first-order valence-corrected chi connectivity index (χ1v) is 8.16. The van der Waals surface area contributed by atoms with E-state index in [-0.39, 0.29) is 42.1 Å². The molecule has 0 radical (unpaired) electrons. The van der Waals surface area contributed by atoms with Crippen LogP contribution in [0.5, 0.6) is 0 Å². The molecule has 1 heterocycles. The topological polar surface area (TPSA) is 59.0 Å². The first-order valence-electron chi connectivity index (χ1n) is 8.16. The minimum Gasteiger partial charge on any atom is -0.348 e. The molecule has 1 aromatic heterocycles. The number of fused-ring (bicyclic) bond motifs is 1. The predicted octanol–water partition coefficient (Wildman–Crippen LogP) is 2.78. The summed E-state index contributed by atoms with van der Waals surface area (Å²) in [5.41, 5.74) is 2.78. The lowest BCUT2D eigenvalue weighted by molar-refractivity contribution is -0.121. The zero-order valence-corrected chi connectivity index (χ0v) is 15.5. The van der Waals surface area contributed by atoms with Gasteiger partial charge in [0, 0.05) is 5.56 Å². The lowest BCUT2D eigenvalue weighted by atomic mass is 9.74. The number of hydrogen-bond donors (Lipinski definition) is 2. The second-order valence-electron chi connectivity index (χ2n) is 7.13. The van der Waals surface area contributed by atoms with Crippen LogP contribution in [0.3, 0.4) is 0 Å². The fourth-order valence-corrected chi connectivity index (χ4v) is 3.41. The van der Waals surface area contributed by atoms with Gasteiger partial charge in [0.05, 0.1) is 30.2 Å². The third-order valence-electron chi connectivity index (χ3n) is 4.40. The molecule has 1 aliphatic rings. The molecule has 7 heteroatoms. The first-order chi connectivity index (χ1) is 11.4. The summed E-state index contributed by atoms with van der Waals surface area (Å²) in [6.07, 6.45) is 3.47. The zero-order valence-electron chi connectivity index (χ0n) is 14.7. The average molecular weight is 367 g/mol. The van der Waals surface area contributed by atoms with Crippen molar-refractivity contribution in [1.29, 1.82) is 0 Å². The van der Waals surface area contributed by atoms with Crippen molar-refractivity contribution in [3.63, 3.8) is 0 Å². The summed E-state index contributed by atoms with van der Waals surface area (Å²) < 4.78 is 15.4. The van der Waals surface area contributed by atoms with Crippen molar-refractivity contribution < 1.29 is 9.18 Å². The molecule has 3 rings (SSSR count). The van der Waals surface area contributed by atoms with Crippen LogP contribution in [0.15, 0.2) is 30.5 Å². The molecule has 1 atom stereocenters. The Labute approximate surface area is 153 Å². The minimum absolute atomic E-state index is 0. The third-order valence-corrected chi connectivity index (χ3v) is 4.40. The van der Waals surface area contributed by atoms with Crippen LogP contribution in [0.1, 0.15) is 37.6 Å². The molecule has 0 bridgehead atoms. The van der Waals surface area contributed by atoms with Crippen molar-refractivity contribution >= 4 is 18.3 Å². The van der Waals surface area contributed by atoms with Gasteiger partial charge in [0.25, 0.3) is 0 Å². The monoisotopic (exact) mass is 366 g/mol. The lowest BCUT2D eigenvalue weighted by Gasteiger charge is -2.36. The van der Waals surface area contributed by atoms with Crippen molar-refractivity contribution in [2.45, 2.75) is 32.7 Å². The van der Waals surface area contributed by atoms with Gasteiger partial charge in [-0.2, -0.15) is 5.10 Å². The van der Waals surface area contributed by atoms with Gasteiger partial charge in [-0.05, 0) is 43.5 Å². The highest BCUT2D eigenvalue weighted by molar-refractivity contribution is 5.85. The highest BCUT2D eigenvalue weighted by Crippen LogP contribution is 2.41. The summed E-state index contributed by atoms with van der Waals surface area (Å²) in [7, 11) is 1.75. The number of amides is 1. The lowest BCUT2D eigenvalue weighted by Crippen LogP contribution is -2.39. The van der Waals surface area contributed by atoms with Crippen molar-refractivity contribution in [3.8, 4) is 5.69 Å². The number of hydrogen-bond acceptors (Lipinski definition) is 3. The van der Waals surface area contributed by atoms with E-state index in [0.717, 1.165) is 24.1 Å². The molecule has 0 fully saturated rings. The smallest absolute Gasteiger partial charge is 0.234 e. The molecular weight excluding hydrogens is 343 g/mol. The highest BCUT2D eigenvalue weighted by atomic mass is 35.5. The van der Waals surface area contributed by atoms with Crippen LogP contribution < -0.4 is 10.6 Å². The summed E-state index contributed by atoms with van der Waals surface area (Å²) in [4.78, 5) is 12.0. The molecule has 0 saturated heterocycles. The number of benzene rings is 1. The Balaban J connectivity index is 0.00000225. The number of halogens is 2. The molecular formula is C18H24ClFN4O. The van der Waals surface area contributed by atoms with Crippen LogP contribution in [0.2, 0.25) is 0 Å². The fraction of sp³-hybridized carbons (Fsp3) is 0.444. The normalized spacial score (nSPS) is 18.2. The van der Waals surface area contributed by atoms with E-state index < -0.39 is 0 Å². The fourth-order valence-electron chi connectivity index (χ4n) is 3.41. The Hall–Kier alpha value is -1.92. The minimum atomic E-state index is -0.286. The summed E-state index contributed by atoms with van der Waals surface area (Å²) in [6, 6.07) is 6.34. The number of carbonyl (C=O) groups is 1. The maximum absolute atomic E-state index is 13.6. The second kappa shape index (κ2) is 7.54. The SMILES string of the molecule is CNCC(=O)NC1CC(C)(C)Cc2c1cnn2-c1cccc(F)c1.Cl. The zero-order chi connectivity index (χ0) is 17.3. The van der Waals surface area contributed by atoms with E-state index in [4.69, 9.17) is 0 Å². The average Bonchev–Trinajstić information content (AvgIpc) is 2.89. The molecule has 5 nitrogen and oxygen atoms in total. The number of likely N-dealkylation sites (N-methyl/N-ethyl adjacent to an activating group) is 1. The largest absolute Gasteiger partial charge is 0.348 e. The number of nitrogens with zero attached hydrogens (tertiary/aromatic N) is 2. The van der Waals surface area contributed by atoms with Crippen molar-refractivity contribution in [2.24, 2.45) is 5.41 Å². The molecule has 1 amide bonds. The summed E-state index contributed by atoms with van der Waals surface area (Å²) in [5, 5.41) is 10.4. The van der Waals surface area contributed by atoms with Gasteiger partial charge in [-0.15, -0.1) is 12.4 Å². The Bertz CT molecular complexity index is 759. The van der Waals surface area contributed by atoms with E-state index in [2.05, 4.69) is 29.6 Å². The van der Waals surface area contributed by atoms with Crippen molar-refractivity contribution in [3.05, 3.63) is 47.5 Å². The standard InChI is InChI=1S/C18H23FN4O.ClH/c1-18(2)8-15(22-17(24)11-20-3)14-10-21-23(16(14)9-18)13-6-4-5-12(19)7-13;/h4-7,10,15,20H,8-9,11H2,1-3H3,(H,22,24);1H. The van der Waals surface area contributed by atoms with E-state index in [0.29, 0.717) is 5.69 Å². The molecule has 1 aliphatic carbocycles. The number of aromatic nitrogens is 2. The Morgan fingerprint density at radius 2 is 2.20 bits per heavy atom. The van der Waals surface area contributed by atoms with E-state index in [1.54, 1.807) is 24.0 Å². The van der Waals surface area contributed by atoms with Gasteiger partial charge in [0.2, 0.25) is 5.91 Å². The molecule has 0 aliphatic heterocycles. The van der Waals surface area contributed by atoms with Gasteiger partial charge < -0.3 is 10.6 Å². The van der Waals surface area contributed by atoms with E-state index in [1.807, 2.05) is 6.07 Å². The highest BCUT2D eigenvalue weighted by Gasteiger charge is 2.35. The van der Waals surface area contributed by atoms with Crippen molar-refractivity contribution in [2.75, 3.05) is 13.6 Å². The first kappa shape index (κ1) is 19.4. The van der Waals surface area contributed by atoms with E-state index >= 15 is 0 Å². The molecule has 1 unspecified atom stereocenters. The van der Waals surface area contributed by atoms with Crippen molar-refractivity contribution in [1.82, 2.24) is 20.4 Å². The van der Waals surface area contributed by atoms with E-state index in [9.17, 15) is 9.18 Å². The Morgan fingerprint density at radius 3 is 2.88 bits per heavy atom. The molecule has 1 aromatic carbocycles. The van der Waals surface area contributed by atoms with Crippen LogP contribution in [0.4, 0.5) is 4.39 Å². The number of carbonyl (C=O) groups excluding carboxylic acids is 1. The van der Waals surface area contributed by atoms with Gasteiger partial charge in [-0.3, -0.25) is 4.79 Å². The molecule has 136 valence electrons. The van der Waals surface area contributed by atoms with Gasteiger partial charge >= 0.3 is 0 Å². The third kappa shape index (κ3) is 4.19. The second-order valence-corrected chi connectivity index (χ2v) is 7.13. The quantitative estimate of drug-likeness (QED) is 0.874. The van der Waals surface area contributed by atoms with E-state index in [1.165, 1.54) is 12.1 Å². The molecule has 25 heavy (non-hydrogen) atoms. The maximum Gasteiger partial charge on any atom is 0.234 e. The number of nitrogens with one attached hydrogen (secondary N) is 2. The van der Waals surface area contributed by atoms with Gasteiger partial charge in [-0.25, -0.2) is 9.07 Å². The van der Waals surface area contributed by atoms with Crippen LogP contribution in [-0.2, 0) is 11.2 Å². The van der Waals surface area contributed by atoms with Gasteiger partial charge in [-0.1, -0.05) is 19.9 Å². The van der Waals surface area contributed by atoms with Crippen LogP contribution in [-0.4, -0.2) is 29.3 Å². The molecule has 2 N–H and O–H groups in total. The van der Waals surface area contributed by atoms with Gasteiger partial charge in [0.15, 0.2) is 0 Å². The summed E-state index contributed by atoms with van der Waals surface area (Å²) >= 11 is 0. The molecule has 0 saturated carbocycles. The Kier molecular flexibility index (Phi) is 5.85. The summed E-state index contributed by atoms with van der Waals surface area (Å²) in [5.74, 6) is -0.324. The maximum atomic E-state index is 13.6.